The van der Waals surface area contributed by atoms with Crippen molar-refractivity contribution >= 4 is 11.6 Å². The molecule has 2 unspecified atom stereocenters. The fourth-order valence-electron chi connectivity index (χ4n) is 2.86. The molecule has 1 saturated heterocycles. The molecule has 1 N–H and O–H groups in total. The lowest BCUT2D eigenvalue weighted by Crippen LogP contribution is -2.52. The zero-order valence-electron chi connectivity index (χ0n) is 12.1. The molecular weight excluding hydrogens is 236 g/mol. The van der Waals surface area contributed by atoms with Crippen molar-refractivity contribution < 1.29 is 4.79 Å². The zero-order valence-corrected chi connectivity index (χ0v) is 12.1. The van der Waals surface area contributed by atoms with Gasteiger partial charge in [-0.05, 0) is 50.8 Å². The monoisotopic (exact) mass is 260 g/mol. The highest BCUT2D eigenvalue weighted by Crippen LogP contribution is 2.23. The van der Waals surface area contributed by atoms with E-state index in [9.17, 15) is 4.79 Å². The maximum absolute atomic E-state index is 12.8. The summed E-state index contributed by atoms with van der Waals surface area (Å²) in [6.07, 6.45) is 2.30. The molecule has 2 atom stereocenters. The van der Waals surface area contributed by atoms with Crippen molar-refractivity contribution in [2.45, 2.75) is 39.7 Å². The van der Waals surface area contributed by atoms with Gasteiger partial charge in [-0.15, -0.1) is 0 Å². The molecule has 3 nitrogen and oxygen atoms in total. The van der Waals surface area contributed by atoms with Gasteiger partial charge in [-0.3, -0.25) is 4.79 Å². The molecule has 0 radical (unpaired) electrons. The lowest BCUT2D eigenvalue weighted by molar-refractivity contribution is -0.122. The van der Waals surface area contributed by atoms with Crippen LogP contribution >= 0.6 is 0 Å². The van der Waals surface area contributed by atoms with Crippen LogP contribution in [0.2, 0.25) is 0 Å². The van der Waals surface area contributed by atoms with Crippen molar-refractivity contribution in [1.82, 2.24) is 5.32 Å². The molecule has 0 bridgehead atoms. The fraction of sp³-hybridized carbons (Fsp3) is 0.562. The van der Waals surface area contributed by atoms with E-state index in [0.29, 0.717) is 12.5 Å². The molecule has 0 saturated carbocycles. The summed E-state index contributed by atoms with van der Waals surface area (Å²) in [4.78, 5) is 14.7. The molecule has 0 aliphatic carbocycles. The van der Waals surface area contributed by atoms with Gasteiger partial charge in [-0.25, -0.2) is 0 Å². The minimum Gasteiger partial charge on any atom is -0.311 e. The van der Waals surface area contributed by atoms with E-state index >= 15 is 0 Å². The fourth-order valence-corrected chi connectivity index (χ4v) is 2.86. The van der Waals surface area contributed by atoms with Crippen LogP contribution in [0.3, 0.4) is 0 Å². The molecule has 19 heavy (non-hydrogen) atoms. The second-order valence-electron chi connectivity index (χ2n) is 5.42. The first-order valence-corrected chi connectivity index (χ1v) is 7.25. The SMILES string of the molecule is CCN(C(=O)C1NCCCC1C)c1ccccc1C. The molecule has 0 spiro atoms. The summed E-state index contributed by atoms with van der Waals surface area (Å²) in [5, 5.41) is 3.38. The Morgan fingerprint density at radius 1 is 1.42 bits per heavy atom. The van der Waals surface area contributed by atoms with Crippen LogP contribution in [0.25, 0.3) is 0 Å². The molecule has 1 amide bonds. The van der Waals surface area contributed by atoms with Crippen molar-refractivity contribution in [2.24, 2.45) is 5.92 Å². The molecule has 2 rings (SSSR count). The summed E-state index contributed by atoms with van der Waals surface area (Å²) in [7, 11) is 0. The molecule has 1 aliphatic rings. The minimum absolute atomic E-state index is 0.0340. The van der Waals surface area contributed by atoms with Crippen LogP contribution in [0.5, 0.6) is 0 Å². The Bertz CT molecular complexity index is 444. The number of amides is 1. The second-order valence-corrected chi connectivity index (χ2v) is 5.42. The van der Waals surface area contributed by atoms with E-state index in [1.807, 2.05) is 30.0 Å². The van der Waals surface area contributed by atoms with Crippen LogP contribution in [0.4, 0.5) is 5.69 Å². The van der Waals surface area contributed by atoms with E-state index in [2.05, 4.69) is 25.2 Å². The molecule has 3 heteroatoms. The number of hydrogen-bond acceptors (Lipinski definition) is 2. The van der Waals surface area contributed by atoms with Crippen LogP contribution in [-0.2, 0) is 4.79 Å². The predicted molar refractivity (Wildman–Crippen MR) is 79.4 cm³/mol. The smallest absolute Gasteiger partial charge is 0.244 e. The number of benzene rings is 1. The summed E-state index contributed by atoms with van der Waals surface area (Å²) in [5.41, 5.74) is 2.19. The van der Waals surface area contributed by atoms with Gasteiger partial charge in [0.1, 0.15) is 0 Å². The number of anilines is 1. The van der Waals surface area contributed by atoms with E-state index in [0.717, 1.165) is 24.2 Å². The van der Waals surface area contributed by atoms with Crippen LogP contribution in [0, 0.1) is 12.8 Å². The zero-order chi connectivity index (χ0) is 13.8. The van der Waals surface area contributed by atoms with E-state index < -0.39 is 0 Å². The number of para-hydroxylation sites is 1. The van der Waals surface area contributed by atoms with Crippen LogP contribution in [0.1, 0.15) is 32.3 Å². The number of nitrogens with one attached hydrogen (secondary N) is 1. The molecule has 1 aliphatic heterocycles. The number of piperidine rings is 1. The van der Waals surface area contributed by atoms with Crippen molar-refractivity contribution in [1.29, 1.82) is 0 Å². The average molecular weight is 260 g/mol. The van der Waals surface area contributed by atoms with Crippen molar-refractivity contribution in [3.05, 3.63) is 29.8 Å². The van der Waals surface area contributed by atoms with E-state index in [1.165, 1.54) is 6.42 Å². The van der Waals surface area contributed by atoms with Gasteiger partial charge in [0, 0.05) is 12.2 Å². The first-order chi connectivity index (χ1) is 9.15. The average Bonchev–Trinajstić information content (AvgIpc) is 2.42. The van der Waals surface area contributed by atoms with E-state index in [1.54, 1.807) is 0 Å². The summed E-state index contributed by atoms with van der Waals surface area (Å²) >= 11 is 0. The number of likely N-dealkylation sites (N-methyl/N-ethyl adjacent to an activating group) is 1. The third-order valence-corrected chi connectivity index (χ3v) is 4.02. The highest BCUT2D eigenvalue weighted by atomic mass is 16.2. The molecular formula is C16H24N2O. The number of nitrogens with zero attached hydrogens (tertiary/aromatic N) is 1. The van der Waals surface area contributed by atoms with Crippen molar-refractivity contribution in [3.63, 3.8) is 0 Å². The summed E-state index contributed by atoms with van der Waals surface area (Å²) < 4.78 is 0. The van der Waals surface area contributed by atoms with Crippen LogP contribution < -0.4 is 10.2 Å². The minimum atomic E-state index is -0.0340. The Kier molecular flexibility index (Phi) is 4.59. The standard InChI is InChI=1S/C16H24N2O/c1-4-18(14-10-6-5-8-12(14)2)16(19)15-13(3)9-7-11-17-15/h5-6,8,10,13,15,17H,4,7,9,11H2,1-3H3. The Morgan fingerprint density at radius 3 is 2.79 bits per heavy atom. The van der Waals surface area contributed by atoms with Crippen LogP contribution in [0.15, 0.2) is 24.3 Å². The van der Waals surface area contributed by atoms with Crippen LogP contribution in [-0.4, -0.2) is 25.0 Å². The Hall–Kier alpha value is -1.35. The largest absolute Gasteiger partial charge is 0.311 e. The second kappa shape index (κ2) is 6.20. The third kappa shape index (κ3) is 2.98. The molecule has 1 aromatic rings. The Morgan fingerprint density at radius 2 is 2.16 bits per heavy atom. The maximum Gasteiger partial charge on any atom is 0.244 e. The van der Waals surface area contributed by atoms with Gasteiger partial charge in [0.15, 0.2) is 0 Å². The lowest BCUT2D eigenvalue weighted by atomic mass is 9.91. The first kappa shape index (κ1) is 14.1. The highest BCUT2D eigenvalue weighted by molar-refractivity contribution is 5.98. The molecule has 0 aromatic heterocycles. The number of carbonyl (C=O) groups is 1. The van der Waals surface area contributed by atoms with Crippen molar-refractivity contribution in [2.75, 3.05) is 18.0 Å². The van der Waals surface area contributed by atoms with Gasteiger partial charge >= 0.3 is 0 Å². The molecule has 1 aromatic carbocycles. The summed E-state index contributed by atoms with van der Waals surface area (Å²) in [6.45, 7) is 7.93. The Labute approximate surface area is 116 Å². The first-order valence-electron chi connectivity index (χ1n) is 7.25. The van der Waals surface area contributed by atoms with Gasteiger partial charge < -0.3 is 10.2 Å². The van der Waals surface area contributed by atoms with Crippen molar-refractivity contribution in [3.8, 4) is 0 Å². The quantitative estimate of drug-likeness (QED) is 0.906. The maximum atomic E-state index is 12.8. The molecule has 1 fully saturated rings. The highest BCUT2D eigenvalue weighted by Gasteiger charge is 2.31. The topological polar surface area (TPSA) is 32.3 Å². The number of rotatable bonds is 3. The van der Waals surface area contributed by atoms with Gasteiger partial charge in [0.2, 0.25) is 5.91 Å². The number of hydrogen-bond donors (Lipinski definition) is 1. The van der Waals surface area contributed by atoms with Gasteiger partial charge in [0.05, 0.1) is 6.04 Å². The predicted octanol–water partition coefficient (Wildman–Crippen LogP) is 2.74. The van der Waals surface area contributed by atoms with Gasteiger partial charge in [0.25, 0.3) is 0 Å². The molecule has 1 heterocycles. The van der Waals surface area contributed by atoms with E-state index in [4.69, 9.17) is 0 Å². The summed E-state index contributed by atoms with van der Waals surface area (Å²) in [5.74, 6) is 0.628. The number of aryl methyl sites for hydroxylation is 1. The number of carbonyl (C=O) groups excluding carboxylic acids is 1. The lowest BCUT2D eigenvalue weighted by Gasteiger charge is -2.34. The van der Waals surface area contributed by atoms with Gasteiger partial charge in [-0.1, -0.05) is 25.1 Å². The normalized spacial score (nSPS) is 23.1. The van der Waals surface area contributed by atoms with Gasteiger partial charge in [-0.2, -0.15) is 0 Å². The molecule has 104 valence electrons. The van der Waals surface area contributed by atoms with E-state index in [-0.39, 0.29) is 11.9 Å². The third-order valence-electron chi connectivity index (χ3n) is 4.02. The Balaban J connectivity index is 2.22. The summed E-state index contributed by atoms with van der Waals surface area (Å²) in [6, 6.07) is 8.07.